The van der Waals surface area contributed by atoms with Crippen LogP contribution in [0.15, 0.2) is 0 Å². The van der Waals surface area contributed by atoms with Crippen LogP contribution < -0.4 is 5.32 Å². The van der Waals surface area contributed by atoms with Gasteiger partial charge >= 0.3 is 0 Å². The summed E-state index contributed by atoms with van der Waals surface area (Å²) in [7, 11) is 2.02. The van der Waals surface area contributed by atoms with Crippen LogP contribution in [0, 0.1) is 5.92 Å². The molecule has 0 radical (unpaired) electrons. The molecule has 74 valence electrons. The summed E-state index contributed by atoms with van der Waals surface area (Å²) in [5.41, 5.74) is 0. The van der Waals surface area contributed by atoms with Crippen LogP contribution in [0.1, 0.15) is 33.6 Å². The molecule has 0 aromatic rings. The molecule has 0 saturated carbocycles. The van der Waals surface area contributed by atoms with Crippen LogP contribution in [0.25, 0.3) is 0 Å². The minimum atomic E-state index is 0.599. The first-order chi connectivity index (χ1) is 5.72. The minimum Gasteiger partial charge on any atom is -0.381 e. The first kappa shape index (κ1) is 11.9. The molecule has 12 heavy (non-hydrogen) atoms. The van der Waals surface area contributed by atoms with E-state index in [1.807, 2.05) is 7.05 Å². The van der Waals surface area contributed by atoms with Gasteiger partial charge < -0.3 is 10.1 Å². The van der Waals surface area contributed by atoms with Gasteiger partial charge in [-0.05, 0) is 25.8 Å². The fourth-order valence-corrected chi connectivity index (χ4v) is 1.27. The summed E-state index contributed by atoms with van der Waals surface area (Å²) in [6.07, 6.45) is 2.24. The molecule has 0 amide bonds. The first-order valence-corrected chi connectivity index (χ1v) is 4.97. The van der Waals surface area contributed by atoms with E-state index in [0.29, 0.717) is 12.0 Å². The van der Waals surface area contributed by atoms with Crippen molar-refractivity contribution < 1.29 is 4.74 Å². The van der Waals surface area contributed by atoms with Crippen LogP contribution >= 0.6 is 0 Å². The van der Waals surface area contributed by atoms with Crippen molar-refractivity contribution in [3.8, 4) is 0 Å². The molecule has 1 unspecified atom stereocenters. The molecule has 0 spiro atoms. The van der Waals surface area contributed by atoms with E-state index in [9.17, 15) is 0 Å². The van der Waals surface area contributed by atoms with Crippen LogP contribution in [0.3, 0.4) is 0 Å². The van der Waals surface area contributed by atoms with Crippen molar-refractivity contribution in [1.29, 1.82) is 0 Å². The second-order valence-corrected chi connectivity index (χ2v) is 3.54. The van der Waals surface area contributed by atoms with E-state index in [-0.39, 0.29) is 0 Å². The zero-order chi connectivity index (χ0) is 9.40. The van der Waals surface area contributed by atoms with Crippen molar-refractivity contribution in [2.24, 2.45) is 5.92 Å². The van der Waals surface area contributed by atoms with Gasteiger partial charge in [-0.2, -0.15) is 0 Å². The SMILES string of the molecule is CCCOCCC(NC)C(C)C. The molecule has 1 atom stereocenters. The van der Waals surface area contributed by atoms with Crippen molar-refractivity contribution in [1.82, 2.24) is 5.32 Å². The van der Waals surface area contributed by atoms with Crippen LogP contribution in [0.5, 0.6) is 0 Å². The zero-order valence-corrected chi connectivity index (χ0v) is 8.89. The van der Waals surface area contributed by atoms with Crippen molar-refractivity contribution in [2.45, 2.75) is 39.7 Å². The Balaban J connectivity index is 3.32. The lowest BCUT2D eigenvalue weighted by atomic mass is 10.0. The van der Waals surface area contributed by atoms with E-state index in [1.54, 1.807) is 0 Å². The van der Waals surface area contributed by atoms with Crippen LogP contribution in [-0.2, 0) is 4.74 Å². The predicted octanol–water partition coefficient (Wildman–Crippen LogP) is 2.05. The molecule has 1 N–H and O–H groups in total. The molecule has 0 aromatic heterocycles. The smallest absolute Gasteiger partial charge is 0.0480 e. The van der Waals surface area contributed by atoms with Crippen molar-refractivity contribution >= 4 is 0 Å². The Morgan fingerprint density at radius 1 is 1.25 bits per heavy atom. The Labute approximate surface area is 76.7 Å². The van der Waals surface area contributed by atoms with Gasteiger partial charge in [0.25, 0.3) is 0 Å². The summed E-state index contributed by atoms with van der Waals surface area (Å²) in [6.45, 7) is 8.39. The highest BCUT2D eigenvalue weighted by Gasteiger charge is 2.09. The minimum absolute atomic E-state index is 0.599. The highest BCUT2D eigenvalue weighted by molar-refractivity contribution is 4.67. The number of rotatable bonds is 7. The summed E-state index contributed by atoms with van der Waals surface area (Å²) in [5, 5.41) is 3.30. The number of nitrogens with one attached hydrogen (secondary N) is 1. The molecule has 0 heterocycles. The summed E-state index contributed by atoms with van der Waals surface area (Å²) in [6, 6.07) is 0.599. The maximum absolute atomic E-state index is 5.43. The Morgan fingerprint density at radius 2 is 1.92 bits per heavy atom. The topological polar surface area (TPSA) is 21.3 Å². The first-order valence-electron chi connectivity index (χ1n) is 4.97. The van der Waals surface area contributed by atoms with Gasteiger partial charge in [-0.3, -0.25) is 0 Å². The van der Waals surface area contributed by atoms with Crippen molar-refractivity contribution in [3.63, 3.8) is 0 Å². The zero-order valence-electron chi connectivity index (χ0n) is 8.89. The molecular weight excluding hydrogens is 150 g/mol. The van der Waals surface area contributed by atoms with Crippen LogP contribution in [0.4, 0.5) is 0 Å². The van der Waals surface area contributed by atoms with Gasteiger partial charge in [-0.15, -0.1) is 0 Å². The Kier molecular flexibility index (Phi) is 7.51. The van der Waals surface area contributed by atoms with Crippen molar-refractivity contribution in [2.75, 3.05) is 20.3 Å². The molecule has 0 aliphatic heterocycles. The molecule has 0 fully saturated rings. The van der Waals surface area contributed by atoms with E-state index < -0.39 is 0 Å². The number of hydrogen-bond donors (Lipinski definition) is 1. The van der Waals surface area contributed by atoms with E-state index in [4.69, 9.17) is 4.74 Å². The second-order valence-electron chi connectivity index (χ2n) is 3.54. The monoisotopic (exact) mass is 173 g/mol. The molecule has 0 rings (SSSR count). The second kappa shape index (κ2) is 7.56. The van der Waals surface area contributed by atoms with Gasteiger partial charge in [-0.25, -0.2) is 0 Å². The average molecular weight is 173 g/mol. The molecule has 0 saturated heterocycles. The third-order valence-electron chi connectivity index (χ3n) is 2.10. The van der Waals surface area contributed by atoms with Crippen molar-refractivity contribution in [3.05, 3.63) is 0 Å². The molecule has 0 bridgehead atoms. The van der Waals surface area contributed by atoms with Gasteiger partial charge in [0.1, 0.15) is 0 Å². The molecule has 0 aliphatic carbocycles. The standard InChI is InChI=1S/C10H23NO/c1-5-7-12-8-6-10(11-4)9(2)3/h9-11H,5-8H2,1-4H3. The Bertz CT molecular complexity index is 93.8. The normalized spacial score (nSPS) is 13.8. The third-order valence-corrected chi connectivity index (χ3v) is 2.10. The van der Waals surface area contributed by atoms with Gasteiger partial charge in [0.15, 0.2) is 0 Å². The van der Waals surface area contributed by atoms with E-state index in [0.717, 1.165) is 26.1 Å². The molecule has 2 heteroatoms. The lowest BCUT2D eigenvalue weighted by Crippen LogP contribution is -2.31. The van der Waals surface area contributed by atoms with E-state index >= 15 is 0 Å². The fourth-order valence-electron chi connectivity index (χ4n) is 1.27. The van der Waals surface area contributed by atoms with E-state index in [1.165, 1.54) is 0 Å². The Morgan fingerprint density at radius 3 is 2.33 bits per heavy atom. The lowest BCUT2D eigenvalue weighted by molar-refractivity contribution is 0.120. The number of ether oxygens (including phenoxy) is 1. The molecule has 0 aliphatic rings. The summed E-state index contributed by atoms with van der Waals surface area (Å²) < 4.78 is 5.43. The maximum atomic E-state index is 5.43. The highest BCUT2D eigenvalue weighted by Crippen LogP contribution is 2.05. The summed E-state index contributed by atoms with van der Waals surface area (Å²) in [5.74, 6) is 0.695. The van der Waals surface area contributed by atoms with Gasteiger partial charge in [0.05, 0.1) is 0 Å². The van der Waals surface area contributed by atoms with Gasteiger partial charge in [0.2, 0.25) is 0 Å². The number of hydrogen-bond acceptors (Lipinski definition) is 2. The Hall–Kier alpha value is -0.0800. The molecule has 2 nitrogen and oxygen atoms in total. The molecular formula is C10H23NO. The van der Waals surface area contributed by atoms with Gasteiger partial charge in [-0.1, -0.05) is 20.8 Å². The van der Waals surface area contributed by atoms with Crippen LogP contribution in [0.2, 0.25) is 0 Å². The summed E-state index contributed by atoms with van der Waals surface area (Å²) >= 11 is 0. The average Bonchev–Trinajstić information content (AvgIpc) is 2.04. The van der Waals surface area contributed by atoms with Gasteiger partial charge in [0, 0.05) is 19.3 Å². The quantitative estimate of drug-likeness (QED) is 0.595. The summed E-state index contributed by atoms with van der Waals surface area (Å²) in [4.78, 5) is 0. The fraction of sp³-hybridized carbons (Fsp3) is 1.00. The molecule has 0 aromatic carbocycles. The highest BCUT2D eigenvalue weighted by atomic mass is 16.5. The maximum Gasteiger partial charge on any atom is 0.0480 e. The van der Waals surface area contributed by atoms with E-state index in [2.05, 4.69) is 26.1 Å². The lowest BCUT2D eigenvalue weighted by Gasteiger charge is -2.19. The largest absolute Gasteiger partial charge is 0.381 e. The third kappa shape index (κ3) is 5.56. The van der Waals surface area contributed by atoms with Crippen LogP contribution in [-0.4, -0.2) is 26.3 Å². The predicted molar refractivity (Wildman–Crippen MR) is 53.4 cm³/mol.